The molecule has 19 heavy (non-hydrogen) atoms. The molecule has 0 saturated carbocycles. The van der Waals surface area contributed by atoms with E-state index in [0.717, 1.165) is 11.1 Å². The van der Waals surface area contributed by atoms with E-state index in [1.165, 1.54) is 11.8 Å². The Bertz CT molecular complexity index is 485. The monoisotopic (exact) mass is 279 g/mol. The molecule has 102 valence electrons. The van der Waals surface area contributed by atoms with Crippen molar-refractivity contribution in [2.45, 2.75) is 26.2 Å². The second-order valence-electron chi connectivity index (χ2n) is 3.98. The van der Waals surface area contributed by atoms with Gasteiger partial charge in [0.05, 0.1) is 18.2 Å². The maximum atomic E-state index is 11.7. The lowest BCUT2D eigenvalue weighted by Gasteiger charge is -2.16. The van der Waals surface area contributed by atoms with Gasteiger partial charge in [-0.15, -0.1) is 11.8 Å². The molecule has 5 heteroatoms. The summed E-state index contributed by atoms with van der Waals surface area (Å²) >= 11 is 1.27. The first-order valence-electron chi connectivity index (χ1n) is 5.90. The molecule has 0 aliphatic heterocycles. The Morgan fingerprint density at radius 1 is 1.42 bits per heavy atom. The van der Waals surface area contributed by atoms with Gasteiger partial charge in [0.1, 0.15) is 5.75 Å². The molecule has 0 aliphatic carbocycles. The Labute approximate surface area is 117 Å². The minimum atomic E-state index is -0.688. The number of esters is 1. The van der Waals surface area contributed by atoms with Crippen molar-refractivity contribution in [3.05, 3.63) is 28.8 Å². The first kappa shape index (κ1) is 15.4. The van der Waals surface area contributed by atoms with Gasteiger partial charge in [0.25, 0.3) is 0 Å². The molecule has 1 unspecified atom stereocenters. The average Bonchev–Trinajstić information content (AvgIpc) is 2.35. The van der Waals surface area contributed by atoms with Crippen LogP contribution in [0.5, 0.6) is 5.75 Å². The minimum Gasteiger partial charge on any atom is -0.468 e. The topological polar surface area (TPSA) is 59.3 Å². The molecule has 0 aromatic heterocycles. The zero-order valence-corrected chi connectivity index (χ0v) is 12.3. The molecular weight excluding hydrogens is 262 g/mol. The fourth-order valence-electron chi connectivity index (χ4n) is 1.69. The van der Waals surface area contributed by atoms with Crippen molar-refractivity contribution in [2.24, 2.45) is 0 Å². The van der Waals surface area contributed by atoms with Crippen molar-refractivity contribution in [1.82, 2.24) is 0 Å². The van der Waals surface area contributed by atoms with E-state index in [1.54, 1.807) is 25.3 Å². The SMILES string of the molecule is CCOC(=O)C(Oc1cc(C)c(C#N)c(C)c1)SC. The van der Waals surface area contributed by atoms with Gasteiger partial charge in [-0.1, -0.05) is 0 Å². The quantitative estimate of drug-likeness (QED) is 0.612. The molecule has 4 nitrogen and oxygen atoms in total. The maximum absolute atomic E-state index is 11.7. The first-order chi connectivity index (χ1) is 9.03. The molecule has 0 aliphatic rings. The van der Waals surface area contributed by atoms with Gasteiger partial charge in [0.2, 0.25) is 5.44 Å². The van der Waals surface area contributed by atoms with E-state index < -0.39 is 11.4 Å². The molecule has 0 saturated heterocycles. The van der Waals surface area contributed by atoms with Crippen molar-refractivity contribution in [3.63, 3.8) is 0 Å². The summed E-state index contributed by atoms with van der Waals surface area (Å²) in [5.41, 5.74) is 1.62. The number of hydrogen-bond donors (Lipinski definition) is 0. The Morgan fingerprint density at radius 2 is 2.00 bits per heavy atom. The number of aryl methyl sites for hydroxylation is 2. The van der Waals surface area contributed by atoms with Crippen LogP contribution in [-0.2, 0) is 9.53 Å². The van der Waals surface area contributed by atoms with E-state index in [9.17, 15) is 4.79 Å². The van der Waals surface area contributed by atoms with E-state index in [2.05, 4.69) is 6.07 Å². The van der Waals surface area contributed by atoms with Gasteiger partial charge >= 0.3 is 5.97 Å². The van der Waals surface area contributed by atoms with Gasteiger partial charge in [0, 0.05) is 0 Å². The molecule has 0 bridgehead atoms. The van der Waals surface area contributed by atoms with E-state index in [0.29, 0.717) is 17.9 Å². The Hall–Kier alpha value is -1.67. The second kappa shape index (κ2) is 7.05. The van der Waals surface area contributed by atoms with Crippen LogP contribution < -0.4 is 4.74 Å². The lowest BCUT2D eigenvalue weighted by Crippen LogP contribution is -2.26. The smallest absolute Gasteiger partial charge is 0.358 e. The van der Waals surface area contributed by atoms with E-state index in [4.69, 9.17) is 14.7 Å². The summed E-state index contributed by atoms with van der Waals surface area (Å²) < 4.78 is 10.6. The van der Waals surface area contributed by atoms with Crippen molar-refractivity contribution in [3.8, 4) is 11.8 Å². The normalized spacial score (nSPS) is 11.5. The molecule has 1 aromatic rings. The maximum Gasteiger partial charge on any atom is 0.358 e. The zero-order chi connectivity index (χ0) is 14.4. The first-order valence-corrected chi connectivity index (χ1v) is 7.19. The fourth-order valence-corrected chi connectivity index (χ4v) is 2.16. The lowest BCUT2D eigenvalue weighted by molar-refractivity contribution is -0.147. The highest BCUT2D eigenvalue weighted by Gasteiger charge is 2.21. The van der Waals surface area contributed by atoms with Crippen LogP contribution >= 0.6 is 11.8 Å². The molecule has 1 atom stereocenters. The number of nitrogens with zero attached hydrogens (tertiary/aromatic N) is 1. The summed E-state index contributed by atoms with van der Waals surface area (Å²) in [5.74, 6) is 0.177. The van der Waals surface area contributed by atoms with Crippen molar-refractivity contribution < 1.29 is 14.3 Å². The Kier molecular flexibility index (Phi) is 5.71. The van der Waals surface area contributed by atoms with E-state index >= 15 is 0 Å². The number of hydrogen-bond acceptors (Lipinski definition) is 5. The third kappa shape index (κ3) is 3.90. The zero-order valence-electron chi connectivity index (χ0n) is 11.5. The van der Waals surface area contributed by atoms with Gasteiger partial charge in [-0.25, -0.2) is 4.79 Å². The fraction of sp³-hybridized carbons (Fsp3) is 0.429. The molecule has 0 fully saturated rings. The van der Waals surface area contributed by atoms with Gasteiger partial charge < -0.3 is 9.47 Å². The van der Waals surface area contributed by atoms with Gasteiger partial charge in [-0.05, 0) is 50.3 Å². The number of nitriles is 1. The second-order valence-corrected chi connectivity index (χ2v) is 4.88. The molecule has 0 radical (unpaired) electrons. The lowest BCUT2D eigenvalue weighted by atomic mass is 10.0. The number of ether oxygens (including phenoxy) is 2. The minimum absolute atomic E-state index is 0.324. The van der Waals surface area contributed by atoms with E-state index in [1.807, 2.05) is 13.8 Å². The molecule has 0 heterocycles. The summed E-state index contributed by atoms with van der Waals surface area (Å²) in [6, 6.07) is 5.66. The summed E-state index contributed by atoms with van der Waals surface area (Å²) in [5, 5.41) is 9.01. The number of carbonyl (C=O) groups excluding carboxylic acids is 1. The van der Waals surface area contributed by atoms with Crippen LogP contribution in [0, 0.1) is 25.2 Å². The third-order valence-corrected chi connectivity index (χ3v) is 3.27. The summed E-state index contributed by atoms with van der Waals surface area (Å²) in [6.45, 7) is 5.77. The van der Waals surface area contributed by atoms with Crippen LogP contribution in [0.25, 0.3) is 0 Å². The molecule has 0 spiro atoms. The van der Waals surface area contributed by atoms with Gasteiger partial charge in [0.15, 0.2) is 0 Å². The van der Waals surface area contributed by atoms with Crippen LogP contribution in [0.15, 0.2) is 12.1 Å². The molecule has 1 aromatic carbocycles. The van der Waals surface area contributed by atoms with E-state index in [-0.39, 0.29) is 0 Å². The highest BCUT2D eigenvalue weighted by Crippen LogP contribution is 2.24. The Morgan fingerprint density at radius 3 is 2.42 bits per heavy atom. The predicted molar refractivity (Wildman–Crippen MR) is 75.2 cm³/mol. The van der Waals surface area contributed by atoms with Crippen LogP contribution in [0.4, 0.5) is 0 Å². The van der Waals surface area contributed by atoms with Crippen molar-refractivity contribution in [2.75, 3.05) is 12.9 Å². The van der Waals surface area contributed by atoms with Crippen LogP contribution in [0.1, 0.15) is 23.6 Å². The van der Waals surface area contributed by atoms with Crippen molar-refractivity contribution in [1.29, 1.82) is 5.26 Å². The van der Waals surface area contributed by atoms with Gasteiger partial charge in [-0.3, -0.25) is 0 Å². The van der Waals surface area contributed by atoms with Crippen LogP contribution in [0.2, 0.25) is 0 Å². The largest absolute Gasteiger partial charge is 0.468 e. The highest BCUT2D eigenvalue weighted by molar-refractivity contribution is 7.99. The van der Waals surface area contributed by atoms with Gasteiger partial charge in [-0.2, -0.15) is 5.26 Å². The molecular formula is C14H17NO3S. The highest BCUT2D eigenvalue weighted by atomic mass is 32.2. The number of carbonyl (C=O) groups is 1. The number of thioether (sulfide) groups is 1. The molecule has 1 rings (SSSR count). The number of benzene rings is 1. The average molecular weight is 279 g/mol. The Balaban J connectivity index is 2.93. The van der Waals surface area contributed by atoms with Crippen LogP contribution in [0.3, 0.4) is 0 Å². The standard InChI is InChI=1S/C14H17NO3S/c1-5-17-13(16)14(19-4)18-11-6-9(2)12(8-15)10(3)7-11/h6-7,14H,5H2,1-4H3. The summed E-state index contributed by atoms with van der Waals surface area (Å²) in [4.78, 5) is 11.7. The molecule has 0 N–H and O–H groups in total. The van der Waals surface area contributed by atoms with Crippen LogP contribution in [-0.4, -0.2) is 24.3 Å². The number of rotatable bonds is 5. The summed E-state index contributed by atoms with van der Waals surface area (Å²) in [6.07, 6.45) is 1.78. The molecule has 0 amide bonds. The van der Waals surface area contributed by atoms with Crippen molar-refractivity contribution >= 4 is 17.7 Å². The third-order valence-electron chi connectivity index (χ3n) is 2.55. The summed E-state index contributed by atoms with van der Waals surface area (Å²) in [7, 11) is 0. The predicted octanol–water partition coefficient (Wildman–Crippen LogP) is 2.81.